The van der Waals surface area contributed by atoms with Crippen molar-refractivity contribution in [3.8, 4) is 5.69 Å². The number of anilines is 3. The summed E-state index contributed by atoms with van der Waals surface area (Å²) >= 11 is 5.61. The van der Waals surface area contributed by atoms with Crippen LogP contribution in [0.4, 0.5) is 35.2 Å². The van der Waals surface area contributed by atoms with Gasteiger partial charge in [-0.15, -0.1) is 0 Å². The van der Waals surface area contributed by atoms with Crippen molar-refractivity contribution < 1.29 is 22.8 Å². The van der Waals surface area contributed by atoms with Crippen molar-refractivity contribution in [2.75, 3.05) is 16.0 Å². The molecule has 37 heavy (non-hydrogen) atoms. The van der Waals surface area contributed by atoms with Gasteiger partial charge < -0.3 is 16.0 Å². The molecule has 0 saturated carbocycles. The number of rotatable bonds is 4. The number of amides is 3. The third kappa shape index (κ3) is 5.80. The average Bonchev–Trinajstić information content (AvgIpc) is 3.24. The molecule has 2 aromatic carbocycles. The fourth-order valence-corrected chi connectivity index (χ4v) is 3.45. The van der Waals surface area contributed by atoms with Crippen LogP contribution in [0.2, 0.25) is 5.02 Å². The van der Waals surface area contributed by atoms with E-state index in [1.165, 1.54) is 18.7 Å². The lowest BCUT2D eigenvalue weighted by atomic mass is 9.96. The van der Waals surface area contributed by atoms with Crippen LogP contribution in [0.25, 0.3) is 16.9 Å². The molecule has 0 bridgehead atoms. The number of carbonyl (C=O) groups excluding carboxylic acids is 2. The Morgan fingerprint density at radius 1 is 0.892 bits per heavy atom. The predicted octanol–water partition coefficient (Wildman–Crippen LogP) is 6.12. The number of nitrogens with one attached hydrogen (secondary N) is 3. The van der Waals surface area contributed by atoms with E-state index in [-0.39, 0.29) is 17.4 Å². The van der Waals surface area contributed by atoms with Crippen LogP contribution in [-0.4, -0.2) is 31.5 Å². The molecule has 4 rings (SSSR count). The Labute approximate surface area is 214 Å². The first-order chi connectivity index (χ1) is 17.3. The van der Waals surface area contributed by atoms with Gasteiger partial charge in [-0.1, -0.05) is 32.4 Å². The van der Waals surface area contributed by atoms with Gasteiger partial charge in [0, 0.05) is 22.5 Å². The summed E-state index contributed by atoms with van der Waals surface area (Å²) in [5.74, 6) is 0.0681. The lowest BCUT2D eigenvalue weighted by molar-refractivity contribution is -0.137. The van der Waals surface area contributed by atoms with E-state index in [4.69, 9.17) is 11.6 Å². The molecule has 0 atom stereocenters. The van der Waals surface area contributed by atoms with Gasteiger partial charge in [-0.05, 0) is 42.5 Å². The van der Waals surface area contributed by atoms with Crippen LogP contribution in [0.3, 0.4) is 0 Å². The summed E-state index contributed by atoms with van der Waals surface area (Å²) in [7, 11) is 0. The fourth-order valence-electron chi connectivity index (χ4n) is 3.23. The molecule has 3 amide bonds. The van der Waals surface area contributed by atoms with Gasteiger partial charge in [-0.3, -0.25) is 9.36 Å². The zero-order valence-corrected chi connectivity index (χ0v) is 20.6. The van der Waals surface area contributed by atoms with Crippen LogP contribution in [0, 0.1) is 5.41 Å². The molecule has 0 aliphatic rings. The average molecular weight is 532 g/mol. The molecule has 4 aromatic rings. The van der Waals surface area contributed by atoms with E-state index < -0.39 is 28.2 Å². The summed E-state index contributed by atoms with van der Waals surface area (Å²) in [6.45, 7) is 5.35. The van der Waals surface area contributed by atoms with Gasteiger partial charge >= 0.3 is 12.2 Å². The quantitative estimate of drug-likeness (QED) is 0.294. The van der Waals surface area contributed by atoms with Gasteiger partial charge in [0.2, 0.25) is 5.91 Å². The summed E-state index contributed by atoms with van der Waals surface area (Å²) in [6.07, 6.45) is -1.80. The number of halogens is 4. The van der Waals surface area contributed by atoms with E-state index in [1.54, 1.807) is 49.6 Å². The molecule has 0 radical (unpaired) electrons. The number of carbonyl (C=O) groups is 2. The van der Waals surface area contributed by atoms with Gasteiger partial charge in [-0.25, -0.2) is 19.7 Å². The maximum Gasteiger partial charge on any atom is 0.417 e. The smallest absolute Gasteiger partial charge is 0.308 e. The van der Waals surface area contributed by atoms with Crippen molar-refractivity contribution in [2.45, 2.75) is 26.9 Å². The normalized spacial score (nSPS) is 11.9. The van der Waals surface area contributed by atoms with Crippen molar-refractivity contribution in [2.24, 2.45) is 5.41 Å². The maximum absolute atomic E-state index is 13.0. The molecule has 3 N–H and O–H groups in total. The Balaban J connectivity index is 1.49. The van der Waals surface area contributed by atoms with Crippen molar-refractivity contribution in [3.05, 3.63) is 65.7 Å². The highest BCUT2D eigenvalue weighted by molar-refractivity contribution is 6.31. The number of nitrogens with zero attached hydrogens (tertiary/aromatic N) is 4. The Morgan fingerprint density at radius 2 is 1.54 bits per heavy atom. The first kappa shape index (κ1) is 25.9. The summed E-state index contributed by atoms with van der Waals surface area (Å²) in [6, 6.07) is 8.95. The van der Waals surface area contributed by atoms with Crippen molar-refractivity contribution in [3.63, 3.8) is 0 Å². The molecule has 0 saturated heterocycles. The van der Waals surface area contributed by atoms with Crippen LogP contribution in [0.1, 0.15) is 26.3 Å². The summed E-state index contributed by atoms with van der Waals surface area (Å²) in [5, 5.41) is 7.21. The molecule has 9 nitrogen and oxygen atoms in total. The minimum Gasteiger partial charge on any atom is -0.308 e. The lowest BCUT2D eigenvalue weighted by Gasteiger charge is -2.17. The number of imidazole rings is 1. The van der Waals surface area contributed by atoms with Gasteiger partial charge in [0.25, 0.3) is 0 Å². The second-order valence-corrected chi connectivity index (χ2v) is 9.44. The minimum absolute atomic E-state index is 0.0650. The van der Waals surface area contributed by atoms with E-state index in [9.17, 15) is 22.8 Å². The van der Waals surface area contributed by atoms with Crippen LogP contribution < -0.4 is 16.0 Å². The minimum atomic E-state index is -4.65. The number of hydrogen-bond acceptors (Lipinski definition) is 5. The summed E-state index contributed by atoms with van der Waals surface area (Å²) in [5.41, 5.74) is 0.182. The second kappa shape index (κ2) is 9.69. The first-order valence-electron chi connectivity index (χ1n) is 10.9. The van der Waals surface area contributed by atoms with E-state index in [2.05, 4.69) is 30.9 Å². The third-order valence-corrected chi connectivity index (χ3v) is 5.51. The number of hydrogen-bond donors (Lipinski definition) is 3. The zero-order chi connectivity index (χ0) is 27.0. The molecule has 0 aliphatic carbocycles. The van der Waals surface area contributed by atoms with Gasteiger partial charge in [-0.2, -0.15) is 13.2 Å². The number of benzene rings is 2. The van der Waals surface area contributed by atoms with Gasteiger partial charge in [0.05, 0.1) is 10.6 Å². The number of alkyl halides is 3. The summed E-state index contributed by atoms with van der Waals surface area (Å²) < 4.78 is 40.8. The highest BCUT2D eigenvalue weighted by atomic mass is 35.5. The van der Waals surface area contributed by atoms with Crippen LogP contribution in [0.5, 0.6) is 0 Å². The molecule has 0 spiro atoms. The first-order valence-corrected chi connectivity index (χ1v) is 11.3. The highest BCUT2D eigenvalue weighted by Gasteiger charge is 2.33. The number of aromatic nitrogens is 4. The molecule has 13 heteroatoms. The fraction of sp³-hybridized carbons (Fsp3) is 0.208. The zero-order valence-electron chi connectivity index (χ0n) is 19.8. The van der Waals surface area contributed by atoms with Crippen LogP contribution in [-0.2, 0) is 11.0 Å². The summed E-state index contributed by atoms with van der Waals surface area (Å²) in [4.78, 5) is 37.4. The molecular formula is C24H21ClF3N7O2. The Hall–Kier alpha value is -4.19. The molecule has 192 valence electrons. The Bertz CT molecular complexity index is 1480. The molecular weight excluding hydrogens is 511 g/mol. The van der Waals surface area contributed by atoms with E-state index >= 15 is 0 Å². The van der Waals surface area contributed by atoms with Crippen molar-refractivity contribution >= 4 is 51.9 Å². The standard InChI is InChI=1S/C24H21ClF3N7O2/c1-23(2,3)21(36)34-19-18-20(30-11-29-19)35(12-31-18)15-7-4-13(5-8-15)32-22(37)33-14-6-9-17(25)16(10-14)24(26,27)28/h4-12H,1-3H3,(H2,32,33,37)(H,29,30,34,36). The molecule has 0 unspecified atom stereocenters. The number of fused-ring (bicyclic) bond motifs is 1. The molecule has 0 aliphatic heterocycles. The topological polar surface area (TPSA) is 114 Å². The lowest BCUT2D eigenvalue weighted by Crippen LogP contribution is -2.28. The molecule has 2 heterocycles. The van der Waals surface area contributed by atoms with Crippen LogP contribution in [0.15, 0.2) is 55.1 Å². The van der Waals surface area contributed by atoms with Gasteiger partial charge in [0.15, 0.2) is 17.0 Å². The van der Waals surface area contributed by atoms with E-state index in [0.29, 0.717) is 22.5 Å². The maximum atomic E-state index is 13.0. The van der Waals surface area contributed by atoms with E-state index in [1.807, 2.05) is 0 Å². The molecule has 0 fully saturated rings. The van der Waals surface area contributed by atoms with Crippen molar-refractivity contribution in [1.82, 2.24) is 19.5 Å². The van der Waals surface area contributed by atoms with Gasteiger partial charge in [0.1, 0.15) is 12.7 Å². The Morgan fingerprint density at radius 3 is 2.19 bits per heavy atom. The van der Waals surface area contributed by atoms with E-state index in [0.717, 1.165) is 12.1 Å². The largest absolute Gasteiger partial charge is 0.417 e. The van der Waals surface area contributed by atoms with Crippen LogP contribution >= 0.6 is 11.6 Å². The Kier molecular flexibility index (Phi) is 6.78. The highest BCUT2D eigenvalue weighted by Crippen LogP contribution is 2.36. The predicted molar refractivity (Wildman–Crippen MR) is 134 cm³/mol. The monoisotopic (exact) mass is 531 g/mol. The SMILES string of the molecule is CC(C)(C)C(=O)Nc1ncnc2c1ncn2-c1ccc(NC(=O)Nc2ccc(Cl)c(C(F)(F)F)c2)cc1. The number of urea groups is 1. The second-order valence-electron chi connectivity index (χ2n) is 9.03. The molecule has 2 aromatic heterocycles. The third-order valence-electron chi connectivity index (χ3n) is 5.18. The van der Waals surface area contributed by atoms with Crippen molar-refractivity contribution in [1.29, 1.82) is 0 Å².